The fourth-order valence-corrected chi connectivity index (χ4v) is 2.45. The van der Waals surface area contributed by atoms with Gasteiger partial charge in [-0.15, -0.1) is 0 Å². The number of fused-ring (bicyclic) bond motifs is 1. The Morgan fingerprint density at radius 1 is 1.16 bits per heavy atom. The van der Waals surface area contributed by atoms with Gasteiger partial charge in [-0.2, -0.15) is 0 Å². The summed E-state index contributed by atoms with van der Waals surface area (Å²) in [5.74, 6) is -0.296. The minimum absolute atomic E-state index is 0.296. The first-order valence-electron chi connectivity index (χ1n) is 6.23. The molecule has 96 valence electrons. The van der Waals surface area contributed by atoms with Crippen molar-refractivity contribution in [2.24, 2.45) is 0 Å². The fourth-order valence-electron chi connectivity index (χ4n) is 2.45. The van der Waals surface area contributed by atoms with Gasteiger partial charge in [0.1, 0.15) is 5.82 Å². The van der Waals surface area contributed by atoms with Gasteiger partial charge >= 0.3 is 0 Å². The number of halogens is 1. The zero-order valence-electron chi connectivity index (χ0n) is 10.7. The molecule has 0 saturated carbocycles. The summed E-state index contributed by atoms with van der Waals surface area (Å²) in [6.07, 6.45) is 2.10. The standard InChI is InChI=1S/C16H15FN2/c1-11-9-19(16-5-3-2-4-14(11)16)10-12-6-7-13(17)8-15(12)18/h2-9H,10,18H2,1H3. The molecule has 0 spiro atoms. The summed E-state index contributed by atoms with van der Waals surface area (Å²) in [5.41, 5.74) is 9.70. The van der Waals surface area contributed by atoms with E-state index in [1.807, 2.05) is 12.1 Å². The number of hydrogen-bond donors (Lipinski definition) is 1. The second-order valence-electron chi connectivity index (χ2n) is 4.80. The maximum Gasteiger partial charge on any atom is 0.125 e. The molecule has 0 fully saturated rings. The van der Waals surface area contributed by atoms with E-state index in [1.54, 1.807) is 6.07 Å². The van der Waals surface area contributed by atoms with Crippen LogP contribution >= 0.6 is 0 Å². The summed E-state index contributed by atoms with van der Waals surface area (Å²) in [7, 11) is 0. The number of nitrogens with zero attached hydrogens (tertiary/aromatic N) is 1. The number of rotatable bonds is 2. The van der Waals surface area contributed by atoms with Crippen LogP contribution in [0, 0.1) is 12.7 Å². The molecule has 2 aromatic carbocycles. The molecule has 0 bridgehead atoms. The average Bonchev–Trinajstić information content (AvgIpc) is 2.71. The molecule has 1 heterocycles. The van der Waals surface area contributed by atoms with Crippen molar-refractivity contribution < 1.29 is 4.39 Å². The molecule has 0 amide bonds. The molecule has 3 rings (SSSR count). The summed E-state index contributed by atoms with van der Waals surface area (Å²) < 4.78 is 15.2. The van der Waals surface area contributed by atoms with Gasteiger partial charge in [0.15, 0.2) is 0 Å². The number of nitrogens with two attached hydrogens (primary N) is 1. The van der Waals surface area contributed by atoms with Gasteiger partial charge < -0.3 is 10.3 Å². The molecule has 3 aromatic rings. The van der Waals surface area contributed by atoms with Gasteiger partial charge in [0.25, 0.3) is 0 Å². The van der Waals surface area contributed by atoms with Crippen molar-refractivity contribution in [1.29, 1.82) is 0 Å². The van der Waals surface area contributed by atoms with Gasteiger partial charge in [0.2, 0.25) is 0 Å². The van der Waals surface area contributed by atoms with E-state index in [2.05, 4.69) is 29.8 Å². The van der Waals surface area contributed by atoms with E-state index < -0.39 is 0 Å². The Kier molecular flexibility index (Phi) is 2.75. The molecular formula is C16H15FN2. The van der Waals surface area contributed by atoms with Crippen LogP contribution < -0.4 is 5.73 Å². The van der Waals surface area contributed by atoms with Crippen LogP contribution in [-0.4, -0.2) is 4.57 Å². The molecule has 0 unspecified atom stereocenters. The highest BCUT2D eigenvalue weighted by Crippen LogP contribution is 2.23. The van der Waals surface area contributed by atoms with Gasteiger partial charge in [-0.3, -0.25) is 0 Å². The van der Waals surface area contributed by atoms with Gasteiger partial charge in [0, 0.05) is 29.3 Å². The molecule has 1 aromatic heterocycles. The smallest absolute Gasteiger partial charge is 0.125 e. The normalized spacial score (nSPS) is 11.1. The van der Waals surface area contributed by atoms with E-state index in [0.717, 1.165) is 5.56 Å². The number of para-hydroxylation sites is 1. The summed E-state index contributed by atoms with van der Waals surface area (Å²) in [6.45, 7) is 2.74. The number of benzene rings is 2. The summed E-state index contributed by atoms with van der Waals surface area (Å²) in [5, 5.41) is 1.24. The van der Waals surface area contributed by atoms with Crippen LogP contribution in [0.2, 0.25) is 0 Å². The van der Waals surface area contributed by atoms with Gasteiger partial charge in [-0.1, -0.05) is 24.3 Å². The minimum Gasteiger partial charge on any atom is -0.398 e. The Labute approximate surface area is 111 Å². The van der Waals surface area contributed by atoms with Crippen molar-refractivity contribution in [2.75, 3.05) is 5.73 Å². The van der Waals surface area contributed by atoms with E-state index in [0.29, 0.717) is 12.2 Å². The summed E-state index contributed by atoms with van der Waals surface area (Å²) >= 11 is 0. The molecular weight excluding hydrogens is 239 g/mol. The van der Waals surface area contributed by atoms with Crippen LogP contribution in [0.4, 0.5) is 10.1 Å². The number of aryl methyl sites for hydroxylation is 1. The second kappa shape index (κ2) is 4.43. The van der Waals surface area contributed by atoms with Crippen molar-refractivity contribution in [2.45, 2.75) is 13.5 Å². The lowest BCUT2D eigenvalue weighted by Crippen LogP contribution is -2.02. The highest BCUT2D eigenvalue weighted by molar-refractivity contribution is 5.83. The van der Waals surface area contributed by atoms with Crippen LogP contribution in [0.3, 0.4) is 0 Å². The largest absolute Gasteiger partial charge is 0.398 e. The lowest BCUT2D eigenvalue weighted by atomic mass is 10.1. The number of aromatic nitrogens is 1. The first kappa shape index (κ1) is 11.8. The minimum atomic E-state index is -0.296. The molecule has 0 aliphatic rings. The van der Waals surface area contributed by atoms with Crippen LogP contribution in [0.5, 0.6) is 0 Å². The second-order valence-corrected chi connectivity index (χ2v) is 4.80. The number of hydrogen-bond acceptors (Lipinski definition) is 1. The quantitative estimate of drug-likeness (QED) is 0.694. The molecule has 3 heteroatoms. The van der Waals surface area contributed by atoms with Crippen molar-refractivity contribution in [3.8, 4) is 0 Å². The number of nitrogen functional groups attached to an aromatic ring is 1. The Morgan fingerprint density at radius 3 is 2.74 bits per heavy atom. The predicted molar refractivity (Wildman–Crippen MR) is 76.6 cm³/mol. The Balaban J connectivity index is 2.06. The fraction of sp³-hybridized carbons (Fsp3) is 0.125. The third-order valence-corrected chi connectivity index (χ3v) is 3.44. The Morgan fingerprint density at radius 2 is 1.95 bits per heavy atom. The Hall–Kier alpha value is -2.29. The van der Waals surface area contributed by atoms with Crippen LogP contribution in [-0.2, 0) is 6.54 Å². The molecule has 0 aliphatic heterocycles. The average molecular weight is 254 g/mol. The molecule has 2 N–H and O–H groups in total. The van der Waals surface area contributed by atoms with Crippen molar-refractivity contribution in [3.63, 3.8) is 0 Å². The zero-order valence-corrected chi connectivity index (χ0v) is 10.7. The van der Waals surface area contributed by atoms with E-state index >= 15 is 0 Å². The van der Waals surface area contributed by atoms with Gasteiger partial charge in [-0.25, -0.2) is 4.39 Å². The van der Waals surface area contributed by atoms with E-state index in [4.69, 9.17) is 5.73 Å². The predicted octanol–water partition coefficient (Wildman–Crippen LogP) is 3.72. The van der Waals surface area contributed by atoms with Crippen molar-refractivity contribution in [1.82, 2.24) is 4.57 Å². The Bertz CT molecular complexity index is 744. The highest BCUT2D eigenvalue weighted by atomic mass is 19.1. The zero-order chi connectivity index (χ0) is 13.4. The summed E-state index contributed by atoms with van der Waals surface area (Å²) in [6, 6.07) is 12.8. The molecule has 0 radical (unpaired) electrons. The van der Waals surface area contributed by atoms with Crippen molar-refractivity contribution in [3.05, 3.63) is 65.6 Å². The monoisotopic (exact) mass is 254 g/mol. The molecule has 0 atom stereocenters. The van der Waals surface area contributed by atoms with Gasteiger partial charge in [0.05, 0.1) is 0 Å². The first-order valence-corrected chi connectivity index (χ1v) is 6.23. The molecule has 0 aliphatic carbocycles. The molecule has 2 nitrogen and oxygen atoms in total. The van der Waals surface area contributed by atoms with Gasteiger partial charge in [-0.05, 0) is 36.2 Å². The van der Waals surface area contributed by atoms with Crippen LogP contribution in [0.25, 0.3) is 10.9 Å². The third kappa shape index (κ3) is 2.08. The lowest BCUT2D eigenvalue weighted by molar-refractivity contribution is 0.627. The van der Waals surface area contributed by atoms with Crippen molar-refractivity contribution >= 4 is 16.6 Å². The summed E-state index contributed by atoms with van der Waals surface area (Å²) in [4.78, 5) is 0. The maximum atomic E-state index is 13.1. The lowest BCUT2D eigenvalue weighted by Gasteiger charge is -2.08. The molecule has 0 saturated heterocycles. The van der Waals surface area contributed by atoms with E-state index in [1.165, 1.54) is 28.6 Å². The molecule has 19 heavy (non-hydrogen) atoms. The van der Waals surface area contributed by atoms with E-state index in [9.17, 15) is 4.39 Å². The first-order chi connectivity index (χ1) is 9.15. The SMILES string of the molecule is Cc1cn(Cc2ccc(F)cc2N)c2ccccc12. The maximum absolute atomic E-state index is 13.1. The number of anilines is 1. The third-order valence-electron chi connectivity index (χ3n) is 3.44. The van der Waals surface area contributed by atoms with E-state index in [-0.39, 0.29) is 5.82 Å². The van der Waals surface area contributed by atoms with Crippen LogP contribution in [0.1, 0.15) is 11.1 Å². The van der Waals surface area contributed by atoms with Crippen LogP contribution in [0.15, 0.2) is 48.7 Å². The topological polar surface area (TPSA) is 30.9 Å². The highest BCUT2D eigenvalue weighted by Gasteiger charge is 2.07.